The third-order valence-electron chi connectivity index (χ3n) is 3.48. The number of unbranched alkanes of at least 4 members (excludes halogenated alkanes) is 1. The molecule has 3 rings (SSSR count). The van der Waals surface area contributed by atoms with Gasteiger partial charge >= 0.3 is 0 Å². The molecule has 0 unspecified atom stereocenters. The first-order chi connectivity index (χ1) is 10.2. The zero-order valence-corrected chi connectivity index (χ0v) is 11.7. The van der Waals surface area contributed by atoms with Gasteiger partial charge in [-0.1, -0.05) is 25.5 Å². The van der Waals surface area contributed by atoms with Crippen molar-refractivity contribution >= 4 is 11.0 Å². The maximum absolute atomic E-state index is 13.9. The lowest BCUT2D eigenvalue weighted by Crippen LogP contribution is -1.99. The number of hydrogen-bond donors (Lipinski definition) is 0. The second-order valence-electron chi connectivity index (χ2n) is 4.95. The monoisotopic (exact) mass is 287 g/mol. The van der Waals surface area contributed by atoms with Gasteiger partial charge in [0.15, 0.2) is 11.6 Å². The van der Waals surface area contributed by atoms with Crippen molar-refractivity contribution in [1.29, 1.82) is 0 Å². The van der Waals surface area contributed by atoms with Crippen molar-refractivity contribution in [3.8, 4) is 11.1 Å². The molecule has 0 amide bonds. The minimum atomic E-state index is -0.855. The van der Waals surface area contributed by atoms with Crippen LogP contribution < -0.4 is 0 Å². The molecule has 0 saturated carbocycles. The molecule has 1 aromatic carbocycles. The molecule has 0 bridgehead atoms. The van der Waals surface area contributed by atoms with E-state index in [0.29, 0.717) is 5.56 Å². The maximum atomic E-state index is 13.9. The van der Waals surface area contributed by atoms with E-state index in [9.17, 15) is 8.78 Å². The lowest BCUT2D eigenvalue weighted by Gasteiger charge is -2.06. The number of fused-ring (bicyclic) bond motifs is 1. The van der Waals surface area contributed by atoms with Gasteiger partial charge in [-0.15, -0.1) is 0 Å². The Kier molecular flexibility index (Phi) is 3.64. The lowest BCUT2D eigenvalue weighted by molar-refractivity contribution is 0.511. The summed E-state index contributed by atoms with van der Waals surface area (Å²) >= 11 is 0. The van der Waals surface area contributed by atoms with Gasteiger partial charge in [-0.2, -0.15) is 5.10 Å². The molecule has 2 heterocycles. The highest BCUT2D eigenvalue weighted by atomic mass is 19.2. The molecular formula is C16H15F2N3. The highest BCUT2D eigenvalue weighted by molar-refractivity contribution is 5.80. The van der Waals surface area contributed by atoms with E-state index in [2.05, 4.69) is 17.0 Å². The first-order valence-corrected chi connectivity index (χ1v) is 6.96. The van der Waals surface area contributed by atoms with E-state index < -0.39 is 11.6 Å². The van der Waals surface area contributed by atoms with Gasteiger partial charge in [0, 0.05) is 23.9 Å². The highest BCUT2D eigenvalue weighted by Crippen LogP contribution is 2.26. The van der Waals surface area contributed by atoms with E-state index in [-0.39, 0.29) is 5.56 Å². The summed E-state index contributed by atoms with van der Waals surface area (Å²) in [4.78, 5) is 4.28. The average molecular weight is 287 g/mol. The zero-order valence-electron chi connectivity index (χ0n) is 11.7. The van der Waals surface area contributed by atoms with Gasteiger partial charge in [0.05, 0.1) is 11.7 Å². The molecule has 0 saturated heterocycles. The average Bonchev–Trinajstić information content (AvgIpc) is 2.90. The van der Waals surface area contributed by atoms with Gasteiger partial charge in [0.1, 0.15) is 5.52 Å². The van der Waals surface area contributed by atoms with Crippen molar-refractivity contribution in [2.75, 3.05) is 0 Å². The van der Waals surface area contributed by atoms with Gasteiger partial charge in [-0.3, -0.25) is 9.67 Å². The fourth-order valence-electron chi connectivity index (χ4n) is 2.32. The van der Waals surface area contributed by atoms with Crippen LogP contribution in [0.4, 0.5) is 8.78 Å². The molecule has 0 aliphatic carbocycles. The van der Waals surface area contributed by atoms with Crippen molar-refractivity contribution in [3.05, 3.63) is 48.3 Å². The second kappa shape index (κ2) is 5.60. The van der Waals surface area contributed by atoms with Crippen LogP contribution in [-0.4, -0.2) is 14.8 Å². The van der Waals surface area contributed by atoms with Crippen LogP contribution in [0.2, 0.25) is 0 Å². The first-order valence-electron chi connectivity index (χ1n) is 6.96. The van der Waals surface area contributed by atoms with Crippen LogP contribution in [0.3, 0.4) is 0 Å². The summed E-state index contributed by atoms with van der Waals surface area (Å²) in [6.45, 7) is 2.90. The third kappa shape index (κ3) is 2.51. The Bertz CT molecular complexity index is 780. The highest BCUT2D eigenvalue weighted by Gasteiger charge is 2.12. The van der Waals surface area contributed by atoms with Gasteiger partial charge < -0.3 is 0 Å². The molecular weight excluding hydrogens is 272 g/mol. The molecule has 3 nitrogen and oxygen atoms in total. The van der Waals surface area contributed by atoms with Gasteiger partial charge in [0.25, 0.3) is 0 Å². The minimum absolute atomic E-state index is 0.215. The smallest absolute Gasteiger partial charge is 0.166 e. The van der Waals surface area contributed by atoms with Crippen molar-refractivity contribution in [3.63, 3.8) is 0 Å². The largest absolute Gasteiger partial charge is 0.263 e. The topological polar surface area (TPSA) is 30.7 Å². The summed E-state index contributed by atoms with van der Waals surface area (Å²) in [5, 5.41) is 4.29. The Morgan fingerprint density at radius 3 is 2.86 bits per heavy atom. The number of benzene rings is 1. The molecule has 0 spiro atoms. The Hall–Kier alpha value is -2.30. The summed E-state index contributed by atoms with van der Waals surface area (Å²) in [6, 6.07) is 5.96. The number of pyridine rings is 1. The standard InChI is InChI=1S/C16H15F2N3/c1-2-3-7-21-15-8-11(9-19-14(15)10-20-21)12-5-4-6-13(17)16(12)18/h4-6,8-10H,2-3,7H2,1H3. The summed E-state index contributed by atoms with van der Waals surface area (Å²) in [7, 11) is 0. The Balaban J connectivity index is 2.09. The molecule has 108 valence electrons. The lowest BCUT2D eigenvalue weighted by atomic mass is 10.1. The van der Waals surface area contributed by atoms with Crippen LogP contribution in [0.25, 0.3) is 22.2 Å². The minimum Gasteiger partial charge on any atom is -0.263 e. The van der Waals surface area contributed by atoms with E-state index in [4.69, 9.17) is 0 Å². The fourth-order valence-corrected chi connectivity index (χ4v) is 2.32. The van der Waals surface area contributed by atoms with Crippen LogP contribution in [0, 0.1) is 11.6 Å². The van der Waals surface area contributed by atoms with E-state index in [1.54, 1.807) is 18.5 Å². The van der Waals surface area contributed by atoms with Crippen molar-refractivity contribution < 1.29 is 8.78 Å². The van der Waals surface area contributed by atoms with Gasteiger partial charge in [-0.05, 0) is 18.6 Å². The van der Waals surface area contributed by atoms with Crippen molar-refractivity contribution in [2.24, 2.45) is 0 Å². The van der Waals surface area contributed by atoms with E-state index in [1.165, 1.54) is 6.07 Å². The number of hydrogen-bond acceptors (Lipinski definition) is 2. The van der Waals surface area contributed by atoms with Crippen molar-refractivity contribution in [1.82, 2.24) is 14.8 Å². The quantitative estimate of drug-likeness (QED) is 0.720. The normalized spacial score (nSPS) is 11.2. The summed E-state index contributed by atoms with van der Waals surface area (Å²) < 4.78 is 29.1. The molecule has 5 heteroatoms. The fraction of sp³-hybridized carbons (Fsp3) is 0.250. The Morgan fingerprint density at radius 1 is 1.19 bits per heavy atom. The predicted molar refractivity (Wildman–Crippen MR) is 77.8 cm³/mol. The zero-order chi connectivity index (χ0) is 14.8. The van der Waals surface area contributed by atoms with Gasteiger partial charge in [-0.25, -0.2) is 8.78 Å². The maximum Gasteiger partial charge on any atom is 0.166 e. The predicted octanol–water partition coefficient (Wildman–Crippen LogP) is 4.18. The third-order valence-corrected chi connectivity index (χ3v) is 3.48. The molecule has 0 aliphatic rings. The molecule has 0 aliphatic heterocycles. The molecule has 2 aromatic heterocycles. The van der Waals surface area contributed by atoms with E-state index in [1.807, 2.05) is 10.7 Å². The SMILES string of the molecule is CCCCn1ncc2ncc(-c3cccc(F)c3F)cc21. The summed E-state index contributed by atoms with van der Waals surface area (Å²) in [5.74, 6) is -1.70. The number of halogens is 2. The van der Waals surface area contributed by atoms with Crippen LogP contribution in [0.15, 0.2) is 36.7 Å². The number of aryl methyl sites for hydroxylation is 1. The molecule has 0 radical (unpaired) electrons. The number of rotatable bonds is 4. The number of nitrogens with zero attached hydrogens (tertiary/aromatic N) is 3. The molecule has 3 aromatic rings. The van der Waals surface area contributed by atoms with Crippen LogP contribution in [-0.2, 0) is 6.54 Å². The molecule has 0 fully saturated rings. The van der Waals surface area contributed by atoms with Crippen LogP contribution >= 0.6 is 0 Å². The van der Waals surface area contributed by atoms with E-state index >= 15 is 0 Å². The van der Waals surface area contributed by atoms with Crippen LogP contribution in [0.1, 0.15) is 19.8 Å². The first kappa shape index (κ1) is 13.7. The van der Waals surface area contributed by atoms with Gasteiger partial charge in [0.2, 0.25) is 0 Å². The van der Waals surface area contributed by atoms with E-state index in [0.717, 1.165) is 36.5 Å². The molecule has 21 heavy (non-hydrogen) atoms. The second-order valence-corrected chi connectivity index (χ2v) is 4.95. The summed E-state index contributed by atoms with van der Waals surface area (Å²) in [5.41, 5.74) is 2.36. The summed E-state index contributed by atoms with van der Waals surface area (Å²) in [6.07, 6.45) is 5.31. The Morgan fingerprint density at radius 2 is 2.05 bits per heavy atom. The molecule has 0 atom stereocenters. The number of aromatic nitrogens is 3. The Labute approximate surface area is 121 Å². The van der Waals surface area contributed by atoms with Crippen molar-refractivity contribution in [2.45, 2.75) is 26.3 Å². The molecule has 0 N–H and O–H groups in total. The van der Waals surface area contributed by atoms with Crippen LogP contribution in [0.5, 0.6) is 0 Å².